The summed E-state index contributed by atoms with van der Waals surface area (Å²) in [6.07, 6.45) is 3.93. The fourth-order valence-electron chi connectivity index (χ4n) is 2.78. The number of rotatable bonds is 8. The fraction of sp³-hybridized carbons (Fsp3) is 0.182. The number of nitrogens with zero attached hydrogens (tertiary/aromatic N) is 1. The predicted octanol–water partition coefficient (Wildman–Crippen LogP) is 3.81. The average molecular weight is 377 g/mol. The van der Waals surface area contributed by atoms with Gasteiger partial charge in [-0.2, -0.15) is 0 Å². The highest BCUT2D eigenvalue weighted by Crippen LogP contribution is 2.27. The van der Waals surface area contributed by atoms with Crippen LogP contribution in [0.2, 0.25) is 0 Å². The molecule has 0 radical (unpaired) electrons. The Morgan fingerprint density at radius 1 is 0.929 bits per heavy atom. The van der Waals surface area contributed by atoms with Gasteiger partial charge in [0.25, 0.3) is 5.91 Å². The van der Waals surface area contributed by atoms with E-state index < -0.39 is 0 Å². The van der Waals surface area contributed by atoms with E-state index in [-0.39, 0.29) is 5.91 Å². The molecule has 0 saturated carbocycles. The number of ether oxygens (including phenoxy) is 2. The van der Waals surface area contributed by atoms with Crippen LogP contribution in [0.25, 0.3) is 0 Å². The molecule has 2 N–H and O–H groups in total. The summed E-state index contributed by atoms with van der Waals surface area (Å²) >= 11 is 0. The van der Waals surface area contributed by atoms with Gasteiger partial charge in [-0.25, -0.2) is 0 Å². The van der Waals surface area contributed by atoms with Crippen LogP contribution in [-0.2, 0) is 6.42 Å². The number of methoxy groups -OCH3 is 2. The Morgan fingerprint density at radius 2 is 1.71 bits per heavy atom. The molecule has 1 aromatic heterocycles. The number of hydrogen-bond donors (Lipinski definition) is 2. The van der Waals surface area contributed by atoms with E-state index in [1.807, 2.05) is 48.5 Å². The number of benzene rings is 2. The lowest BCUT2D eigenvalue weighted by Crippen LogP contribution is -2.25. The van der Waals surface area contributed by atoms with Crippen molar-refractivity contribution in [1.29, 1.82) is 0 Å². The van der Waals surface area contributed by atoms with Gasteiger partial charge in [0.05, 0.1) is 31.7 Å². The monoisotopic (exact) mass is 377 g/mol. The lowest BCUT2D eigenvalue weighted by atomic mass is 10.1. The van der Waals surface area contributed by atoms with Gasteiger partial charge in [-0.05, 0) is 42.3 Å². The molecule has 144 valence electrons. The first-order valence-corrected chi connectivity index (χ1v) is 8.96. The maximum atomic E-state index is 12.4. The van der Waals surface area contributed by atoms with E-state index in [0.717, 1.165) is 16.9 Å². The average Bonchev–Trinajstić information content (AvgIpc) is 2.74. The zero-order valence-electron chi connectivity index (χ0n) is 15.9. The summed E-state index contributed by atoms with van der Waals surface area (Å²) in [7, 11) is 3.21. The van der Waals surface area contributed by atoms with Crippen LogP contribution >= 0.6 is 0 Å². The molecule has 0 fully saturated rings. The third-order valence-corrected chi connectivity index (χ3v) is 4.21. The zero-order chi connectivity index (χ0) is 19.8. The number of para-hydroxylation sites is 1. The number of hydrogen-bond acceptors (Lipinski definition) is 5. The first-order chi connectivity index (χ1) is 13.7. The van der Waals surface area contributed by atoms with Gasteiger partial charge in [-0.3, -0.25) is 9.78 Å². The molecule has 0 aliphatic heterocycles. The molecule has 0 spiro atoms. The Hall–Kier alpha value is -3.54. The van der Waals surface area contributed by atoms with Gasteiger partial charge in [-0.1, -0.05) is 24.3 Å². The van der Waals surface area contributed by atoms with Crippen molar-refractivity contribution in [1.82, 2.24) is 10.3 Å². The maximum Gasteiger partial charge on any atom is 0.252 e. The third kappa shape index (κ3) is 5.01. The van der Waals surface area contributed by atoms with Crippen LogP contribution in [-0.4, -0.2) is 31.7 Å². The number of nitrogens with one attached hydrogen (secondary N) is 2. The van der Waals surface area contributed by atoms with Gasteiger partial charge < -0.3 is 20.1 Å². The number of anilines is 2. The lowest BCUT2D eigenvalue weighted by Gasteiger charge is -2.11. The summed E-state index contributed by atoms with van der Waals surface area (Å²) in [6, 6.07) is 17.3. The molecular formula is C22H23N3O3. The van der Waals surface area contributed by atoms with Crippen molar-refractivity contribution in [3.63, 3.8) is 0 Å². The standard InChI is InChI=1S/C22H23N3O3/c1-27-20-9-8-16(12-21(20)28-2)10-11-24-22(26)17-13-19(15-23-14-17)25-18-6-4-3-5-7-18/h3-9,12-15,25H,10-11H2,1-2H3,(H,24,26). The van der Waals surface area contributed by atoms with Gasteiger partial charge >= 0.3 is 0 Å². The number of amides is 1. The molecule has 0 saturated heterocycles. The van der Waals surface area contributed by atoms with Crippen LogP contribution in [0.4, 0.5) is 11.4 Å². The molecule has 0 unspecified atom stereocenters. The minimum atomic E-state index is -0.162. The van der Waals surface area contributed by atoms with E-state index >= 15 is 0 Å². The zero-order valence-corrected chi connectivity index (χ0v) is 15.9. The van der Waals surface area contributed by atoms with E-state index in [1.54, 1.807) is 32.7 Å². The van der Waals surface area contributed by atoms with Crippen molar-refractivity contribution in [2.24, 2.45) is 0 Å². The Balaban J connectivity index is 1.57. The summed E-state index contributed by atoms with van der Waals surface area (Å²) in [5.41, 5.74) is 3.26. The minimum absolute atomic E-state index is 0.162. The van der Waals surface area contributed by atoms with Crippen LogP contribution in [0.1, 0.15) is 15.9 Å². The Morgan fingerprint density at radius 3 is 2.46 bits per heavy atom. The van der Waals surface area contributed by atoms with Gasteiger partial charge in [0, 0.05) is 18.4 Å². The molecule has 6 nitrogen and oxygen atoms in total. The summed E-state index contributed by atoms with van der Waals surface area (Å²) in [5, 5.41) is 6.16. The Labute approximate surface area is 164 Å². The van der Waals surface area contributed by atoms with E-state index in [4.69, 9.17) is 9.47 Å². The first-order valence-electron chi connectivity index (χ1n) is 8.96. The highest BCUT2D eigenvalue weighted by Gasteiger charge is 2.08. The molecule has 28 heavy (non-hydrogen) atoms. The van der Waals surface area contributed by atoms with E-state index in [0.29, 0.717) is 30.0 Å². The molecular weight excluding hydrogens is 354 g/mol. The third-order valence-electron chi connectivity index (χ3n) is 4.21. The molecule has 3 rings (SSSR count). The smallest absolute Gasteiger partial charge is 0.252 e. The van der Waals surface area contributed by atoms with Gasteiger partial charge in [0.2, 0.25) is 0 Å². The van der Waals surface area contributed by atoms with Crippen molar-refractivity contribution in [2.75, 3.05) is 26.1 Å². The van der Waals surface area contributed by atoms with Crippen molar-refractivity contribution in [3.05, 3.63) is 78.1 Å². The molecule has 0 atom stereocenters. The molecule has 0 bridgehead atoms. The number of carbonyl (C=O) groups excluding carboxylic acids is 1. The van der Waals surface area contributed by atoms with Crippen LogP contribution < -0.4 is 20.1 Å². The second-order valence-corrected chi connectivity index (χ2v) is 6.15. The Bertz CT molecular complexity index is 929. The fourth-order valence-corrected chi connectivity index (χ4v) is 2.78. The highest BCUT2D eigenvalue weighted by atomic mass is 16.5. The topological polar surface area (TPSA) is 72.5 Å². The highest BCUT2D eigenvalue weighted by molar-refractivity contribution is 5.94. The van der Waals surface area contributed by atoms with Crippen LogP contribution in [0.15, 0.2) is 67.0 Å². The molecule has 2 aromatic carbocycles. The van der Waals surface area contributed by atoms with E-state index in [9.17, 15) is 4.79 Å². The van der Waals surface area contributed by atoms with Crippen molar-refractivity contribution in [2.45, 2.75) is 6.42 Å². The van der Waals surface area contributed by atoms with Gasteiger partial charge in [0.1, 0.15) is 0 Å². The van der Waals surface area contributed by atoms with Crippen LogP contribution in [0, 0.1) is 0 Å². The second-order valence-electron chi connectivity index (χ2n) is 6.15. The SMILES string of the molecule is COc1ccc(CCNC(=O)c2cncc(Nc3ccccc3)c2)cc1OC. The van der Waals surface area contributed by atoms with Crippen molar-refractivity contribution >= 4 is 17.3 Å². The largest absolute Gasteiger partial charge is 0.493 e. The van der Waals surface area contributed by atoms with E-state index in [1.165, 1.54) is 0 Å². The van der Waals surface area contributed by atoms with Gasteiger partial charge in [0.15, 0.2) is 11.5 Å². The number of carbonyl (C=O) groups is 1. The number of aromatic nitrogens is 1. The van der Waals surface area contributed by atoms with Crippen LogP contribution in [0.3, 0.4) is 0 Å². The van der Waals surface area contributed by atoms with E-state index in [2.05, 4.69) is 15.6 Å². The van der Waals surface area contributed by atoms with Crippen molar-refractivity contribution < 1.29 is 14.3 Å². The molecule has 0 aliphatic carbocycles. The lowest BCUT2D eigenvalue weighted by molar-refractivity contribution is 0.0954. The first kappa shape index (κ1) is 19.2. The predicted molar refractivity (Wildman–Crippen MR) is 110 cm³/mol. The minimum Gasteiger partial charge on any atom is -0.493 e. The number of pyridine rings is 1. The summed E-state index contributed by atoms with van der Waals surface area (Å²) in [5.74, 6) is 1.20. The van der Waals surface area contributed by atoms with Crippen molar-refractivity contribution in [3.8, 4) is 11.5 Å². The molecule has 6 heteroatoms. The van der Waals surface area contributed by atoms with Gasteiger partial charge in [-0.15, -0.1) is 0 Å². The summed E-state index contributed by atoms with van der Waals surface area (Å²) < 4.78 is 10.5. The quantitative estimate of drug-likeness (QED) is 0.624. The second kappa shape index (κ2) is 9.41. The normalized spacial score (nSPS) is 10.2. The molecule has 1 heterocycles. The van der Waals surface area contributed by atoms with Crippen LogP contribution in [0.5, 0.6) is 11.5 Å². The molecule has 3 aromatic rings. The maximum absolute atomic E-state index is 12.4. The molecule has 1 amide bonds. The summed E-state index contributed by atoms with van der Waals surface area (Å²) in [4.78, 5) is 16.6. The summed E-state index contributed by atoms with van der Waals surface area (Å²) in [6.45, 7) is 0.505. The Kier molecular flexibility index (Phi) is 6.46. The molecule has 0 aliphatic rings.